The topological polar surface area (TPSA) is 115 Å². The molecule has 1 saturated heterocycles. The van der Waals surface area contributed by atoms with Crippen LogP contribution in [0.15, 0.2) is 78.9 Å². The minimum atomic E-state index is -3.31. The third-order valence-electron chi connectivity index (χ3n) is 6.35. The maximum Gasteiger partial charge on any atom is 0.218 e. The van der Waals surface area contributed by atoms with Gasteiger partial charge < -0.3 is 0 Å². The summed E-state index contributed by atoms with van der Waals surface area (Å²) in [6.07, 6.45) is 1.86. The molecule has 8 heteroatoms. The van der Waals surface area contributed by atoms with Crippen LogP contribution in [0.4, 0.5) is 0 Å². The number of fused-ring (bicyclic) bond motifs is 1. The Hall–Kier alpha value is -3.17. The van der Waals surface area contributed by atoms with Gasteiger partial charge in [0.25, 0.3) is 0 Å². The highest BCUT2D eigenvalue weighted by atomic mass is 32.2. The Morgan fingerprint density at radius 3 is 2.14 bits per heavy atom. The highest BCUT2D eigenvalue weighted by Gasteiger charge is 2.26. The predicted molar refractivity (Wildman–Crippen MR) is 141 cm³/mol. The Kier molecular flexibility index (Phi) is 7.87. The van der Waals surface area contributed by atoms with E-state index in [1.165, 1.54) is 0 Å². The standard InChI is InChI=1S/C27H27N3O2S.H4N2/c1-20-15-17-30(18-16-20)33(31,32)19-21-11-13-23(14-12-21)27-28-25-10-6-5-9-24(25)26(29-27)22-7-3-2-4-8-22;1-2/h2-14,20H,15-19H2,1H3;1-2H2. The molecule has 4 N–H and O–H groups in total. The first-order chi connectivity index (χ1) is 17.0. The molecule has 4 aromatic rings. The number of rotatable bonds is 5. The van der Waals surface area contributed by atoms with Gasteiger partial charge in [0.2, 0.25) is 10.0 Å². The van der Waals surface area contributed by atoms with E-state index in [0.717, 1.165) is 46.1 Å². The molecule has 1 fully saturated rings. The van der Waals surface area contributed by atoms with Crippen LogP contribution >= 0.6 is 0 Å². The van der Waals surface area contributed by atoms with Crippen molar-refractivity contribution in [2.45, 2.75) is 25.5 Å². The fourth-order valence-corrected chi connectivity index (χ4v) is 5.90. The van der Waals surface area contributed by atoms with Crippen LogP contribution in [0.3, 0.4) is 0 Å². The van der Waals surface area contributed by atoms with Crippen LogP contribution in [0.1, 0.15) is 25.3 Å². The first-order valence-corrected chi connectivity index (χ1v) is 13.3. The lowest BCUT2D eigenvalue weighted by atomic mass is 10.0. The molecule has 0 radical (unpaired) electrons. The van der Waals surface area contributed by atoms with Gasteiger partial charge in [0.1, 0.15) is 0 Å². The van der Waals surface area contributed by atoms with Crippen molar-refractivity contribution < 1.29 is 8.42 Å². The average molecular weight is 490 g/mol. The van der Waals surface area contributed by atoms with Crippen molar-refractivity contribution in [3.63, 3.8) is 0 Å². The number of hydrogen-bond donors (Lipinski definition) is 2. The van der Waals surface area contributed by atoms with Crippen molar-refractivity contribution in [3.05, 3.63) is 84.4 Å². The molecule has 0 amide bonds. The molecule has 2 heterocycles. The molecule has 1 aliphatic heterocycles. The molecular formula is C27H31N5O2S. The maximum absolute atomic E-state index is 12.9. The van der Waals surface area contributed by atoms with Crippen molar-refractivity contribution >= 4 is 20.9 Å². The summed E-state index contributed by atoms with van der Waals surface area (Å²) in [5.74, 6) is 9.25. The van der Waals surface area contributed by atoms with E-state index in [4.69, 9.17) is 9.97 Å². The van der Waals surface area contributed by atoms with Crippen molar-refractivity contribution in [3.8, 4) is 22.6 Å². The van der Waals surface area contributed by atoms with E-state index in [2.05, 4.69) is 18.6 Å². The number of hydrogen-bond acceptors (Lipinski definition) is 6. The number of sulfonamides is 1. The molecule has 1 aromatic heterocycles. The minimum Gasteiger partial charge on any atom is -0.274 e. The second kappa shape index (κ2) is 11.0. The zero-order chi connectivity index (χ0) is 24.8. The lowest BCUT2D eigenvalue weighted by molar-refractivity contribution is 0.287. The summed E-state index contributed by atoms with van der Waals surface area (Å²) in [5.41, 5.74) is 4.46. The molecule has 182 valence electrons. The van der Waals surface area contributed by atoms with Crippen molar-refractivity contribution in [2.75, 3.05) is 13.1 Å². The van der Waals surface area contributed by atoms with E-state index in [1.807, 2.05) is 78.9 Å². The molecule has 35 heavy (non-hydrogen) atoms. The third-order valence-corrected chi connectivity index (χ3v) is 8.20. The summed E-state index contributed by atoms with van der Waals surface area (Å²) in [6.45, 7) is 3.42. The number of benzene rings is 3. The van der Waals surface area contributed by atoms with E-state index in [0.29, 0.717) is 24.8 Å². The second-order valence-electron chi connectivity index (χ2n) is 8.81. The van der Waals surface area contributed by atoms with Gasteiger partial charge in [-0.25, -0.2) is 22.7 Å². The average Bonchev–Trinajstić information content (AvgIpc) is 2.90. The van der Waals surface area contributed by atoms with E-state index in [-0.39, 0.29) is 5.75 Å². The first-order valence-electron chi connectivity index (χ1n) is 11.7. The number of para-hydroxylation sites is 1. The summed E-state index contributed by atoms with van der Waals surface area (Å²) < 4.78 is 27.4. The lowest BCUT2D eigenvalue weighted by Gasteiger charge is -2.29. The minimum absolute atomic E-state index is 0.0233. The first kappa shape index (κ1) is 24.9. The Morgan fingerprint density at radius 1 is 0.829 bits per heavy atom. The molecule has 0 spiro atoms. The SMILES string of the molecule is CC1CCN(S(=O)(=O)Cc2ccc(-c3nc(-c4ccccc4)c4ccccc4n3)cc2)CC1.NN. The number of hydrazine groups is 1. The largest absolute Gasteiger partial charge is 0.274 e. The summed E-state index contributed by atoms with van der Waals surface area (Å²) in [5, 5.41) is 1.01. The van der Waals surface area contributed by atoms with Crippen LogP contribution in [0, 0.1) is 5.92 Å². The van der Waals surface area contributed by atoms with Crippen LogP contribution in [0.25, 0.3) is 33.5 Å². The molecule has 5 rings (SSSR count). The second-order valence-corrected chi connectivity index (χ2v) is 10.8. The number of aromatic nitrogens is 2. The molecule has 0 atom stereocenters. The van der Waals surface area contributed by atoms with Gasteiger partial charge in [0, 0.05) is 29.6 Å². The summed E-state index contributed by atoms with van der Waals surface area (Å²) >= 11 is 0. The molecule has 0 bridgehead atoms. The summed E-state index contributed by atoms with van der Waals surface area (Å²) in [4.78, 5) is 9.67. The Labute approximate surface area is 206 Å². The summed E-state index contributed by atoms with van der Waals surface area (Å²) in [6, 6.07) is 25.7. The van der Waals surface area contributed by atoms with Gasteiger partial charge in [-0.15, -0.1) is 0 Å². The van der Waals surface area contributed by atoms with Crippen molar-refractivity contribution in [1.29, 1.82) is 0 Å². The van der Waals surface area contributed by atoms with Gasteiger partial charge in [0.15, 0.2) is 5.82 Å². The number of nitrogens with zero attached hydrogens (tertiary/aromatic N) is 3. The molecule has 7 nitrogen and oxygen atoms in total. The Balaban J connectivity index is 0.00000141. The van der Waals surface area contributed by atoms with E-state index in [9.17, 15) is 8.42 Å². The van der Waals surface area contributed by atoms with Gasteiger partial charge >= 0.3 is 0 Å². The third kappa shape index (κ3) is 5.74. The van der Waals surface area contributed by atoms with Crippen molar-refractivity contribution in [2.24, 2.45) is 17.6 Å². The van der Waals surface area contributed by atoms with Crippen LogP contribution in [-0.4, -0.2) is 35.8 Å². The zero-order valence-electron chi connectivity index (χ0n) is 19.8. The van der Waals surface area contributed by atoms with Gasteiger partial charge in [-0.3, -0.25) is 11.7 Å². The van der Waals surface area contributed by atoms with Crippen LogP contribution in [-0.2, 0) is 15.8 Å². The lowest BCUT2D eigenvalue weighted by Crippen LogP contribution is -2.38. The zero-order valence-corrected chi connectivity index (χ0v) is 20.7. The fraction of sp³-hybridized carbons (Fsp3) is 0.259. The van der Waals surface area contributed by atoms with Crippen LogP contribution in [0.2, 0.25) is 0 Å². The van der Waals surface area contributed by atoms with Gasteiger partial charge in [0.05, 0.1) is 17.0 Å². The van der Waals surface area contributed by atoms with Crippen molar-refractivity contribution in [1.82, 2.24) is 14.3 Å². The molecular weight excluding hydrogens is 458 g/mol. The molecule has 0 saturated carbocycles. The highest BCUT2D eigenvalue weighted by Crippen LogP contribution is 2.29. The number of piperidine rings is 1. The Bertz CT molecular complexity index is 1370. The molecule has 3 aromatic carbocycles. The van der Waals surface area contributed by atoms with Crippen LogP contribution < -0.4 is 11.7 Å². The van der Waals surface area contributed by atoms with Crippen LogP contribution in [0.5, 0.6) is 0 Å². The van der Waals surface area contributed by atoms with E-state index in [1.54, 1.807) is 4.31 Å². The molecule has 0 unspecified atom stereocenters. The predicted octanol–water partition coefficient (Wildman–Crippen LogP) is 4.34. The highest BCUT2D eigenvalue weighted by molar-refractivity contribution is 7.88. The van der Waals surface area contributed by atoms with Gasteiger partial charge in [-0.2, -0.15) is 0 Å². The van der Waals surface area contributed by atoms with Gasteiger partial charge in [-0.1, -0.05) is 79.7 Å². The Morgan fingerprint density at radius 2 is 1.46 bits per heavy atom. The van der Waals surface area contributed by atoms with E-state index >= 15 is 0 Å². The quantitative estimate of drug-likeness (QED) is 0.318. The molecule has 1 aliphatic rings. The smallest absolute Gasteiger partial charge is 0.218 e. The normalized spacial score (nSPS) is 14.9. The monoisotopic (exact) mass is 489 g/mol. The maximum atomic E-state index is 12.9. The fourth-order valence-electron chi connectivity index (χ4n) is 4.34. The molecule has 0 aliphatic carbocycles. The summed E-state index contributed by atoms with van der Waals surface area (Å²) in [7, 11) is -3.31. The van der Waals surface area contributed by atoms with Gasteiger partial charge in [-0.05, 0) is 30.4 Å². The number of nitrogens with two attached hydrogens (primary N) is 2. The van der Waals surface area contributed by atoms with E-state index < -0.39 is 10.0 Å².